The summed E-state index contributed by atoms with van der Waals surface area (Å²) in [5, 5.41) is 19.3. The van der Waals surface area contributed by atoms with Gasteiger partial charge >= 0.3 is 5.97 Å². The first-order valence-electron chi connectivity index (χ1n) is 8.58. The monoisotopic (exact) mass is 451 g/mol. The van der Waals surface area contributed by atoms with Gasteiger partial charge in [-0.15, -0.1) is 11.3 Å². The summed E-state index contributed by atoms with van der Waals surface area (Å²) in [5.41, 5.74) is 2.05. The van der Waals surface area contributed by atoms with Crippen molar-refractivity contribution in [2.24, 2.45) is 0 Å². The molecule has 0 saturated heterocycles. The second-order valence-electron chi connectivity index (χ2n) is 6.32. The van der Waals surface area contributed by atoms with Crippen molar-refractivity contribution in [3.63, 3.8) is 0 Å². The van der Waals surface area contributed by atoms with E-state index in [0.29, 0.717) is 16.1 Å². The molecular formula is C20H18ClNO5S2. The number of carbonyl (C=O) groups is 1. The second kappa shape index (κ2) is 9.06. The number of nitrogens with one attached hydrogen (secondary N) is 1. The van der Waals surface area contributed by atoms with Gasteiger partial charge < -0.3 is 10.2 Å². The Kier molecular flexibility index (Phi) is 6.71. The van der Waals surface area contributed by atoms with Crippen LogP contribution in [0.3, 0.4) is 0 Å². The minimum absolute atomic E-state index is 0.0257. The highest BCUT2D eigenvalue weighted by Crippen LogP contribution is 2.31. The molecule has 0 aliphatic heterocycles. The molecule has 0 spiro atoms. The fourth-order valence-corrected chi connectivity index (χ4v) is 5.39. The van der Waals surface area contributed by atoms with Crippen molar-refractivity contribution in [1.82, 2.24) is 4.72 Å². The molecule has 3 aromatic rings. The van der Waals surface area contributed by atoms with Crippen molar-refractivity contribution in [2.45, 2.75) is 23.3 Å². The van der Waals surface area contributed by atoms with E-state index in [-0.39, 0.29) is 17.2 Å². The Morgan fingerprint density at radius 1 is 1.07 bits per heavy atom. The fraction of sp³-hybridized carbons (Fsp3) is 0.150. The van der Waals surface area contributed by atoms with Crippen LogP contribution in [0, 0.1) is 0 Å². The zero-order valence-corrected chi connectivity index (χ0v) is 17.5. The van der Waals surface area contributed by atoms with Gasteiger partial charge in [-0.25, -0.2) is 8.42 Å². The normalized spacial score (nSPS) is 12.6. The third kappa shape index (κ3) is 5.43. The van der Waals surface area contributed by atoms with Gasteiger partial charge in [-0.1, -0.05) is 48.0 Å². The molecular weight excluding hydrogens is 434 g/mol. The van der Waals surface area contributed by atoms with E-state index in [4.69, 9.17) is 11.6 Å². The molecule has 0 radical (unpaired) electrons. The van der Waals surface area contributed by atoms with E-state index in [1.807, 2.05) is 0 Å². The minimum atomic E-state index is -4.02. The first kappa shape index (κ1) is 21.5. The Morgan fingerprint density at radius 3 is 2.41 bits per heavy atom. The smallest absolute Gasteiger partial charge is 0.322 e. The molecule has 1 unspecified atom stereocenters. The number of halogens is 1. The van der Waals surface area contributed by atoms with E-state index in [2.05, 4.69) is 4.72 Å². The van der Waals surface area contributed by atoms with Crippen LogP contribution in [0.1, 0.15) is 11.1 Å². The van der Waals surface area contributed by atoms with Crippen LogP contribution >= 0.6 is 22.9 Å². The highest BCUT2D eigenvalue weighted by molar-refractivity contribution is 7.91. The number of hydrogen-bond acceptors (Lipinski definition) is 5. The third-order valence-corrected chi connectivity index (χ3v) is 7.53. The molecule has 0 aliphatic carbocycles. The molecule has 0 amide bonds. The predicted octanol–water partition coefficient (Wildman–Crippen LogP) is 3.54. The summed E-state index contributed by atoms with van der Waals surface area (Å²) in [6.45, 7) is -0.181. The van der Waals surface area contributed by atoms with E-state index in [9.17, 15) is 23.4 Å². The molecule has 0 fully saturated rings. The van der Waals surface area contributed by atoms with Crippen LogP contribution in [0.15, 0.2) is 64.9 Å². The van der Waals surface area contributed by atoms with Crippen molar-refractivity contribution >= 4 is 38.9 Å². The molecule has 0 saturated carbocycles. The van der Waals surface area contributed by atoms with Gasteiger partial charge in [0.15, 0.2) is 0 Å². The van der Waals surface area contributed by atoms with E-state index >= 15 is 0 Å². The van der Waals surface area contributed by atoms with Crippen LogP contribution in [-0.2, 0) is 27.8 Å². The first-order valence-corrected chi connectivity index (χ1v) is 11.3. The van der Waals surface area contributed by atoms with Crippen LogP contribution in [0.2, 0.25) is 5.02 Å². The Morgan fingerprint density at radius 2 is 1.76 bits per heavy atom. The molecule has 0 bridgehead atoms. The number of carboxylic acids is 1. The average Bonchev–Trinajstić information content (AvgIpc) is 3.19. The molecule has 3 rings (SSSR count). The SMILES string of the molecule is O=C(O)C(Cc1cccc(CO)c1)NS(=O)(=O)c1ccc(-c2ccc(Cl)cc2)s1. The maximum Gasteiger partial charge on any atom is 0.322 e. The maximum absolute atomic E-state index is 12.7. The molecule has 152 valence electrons. The number of hydrogen-bond donors (Lipinski definition) is 3. The van der Waals surface area contributed by atoms with Crippen LogP contribution in [0.5, 0.6) is 0 Å². The summed E-state index contributed by atoms with van der Waals surface area (Å²) in [7, 11) is -4.02. The molecule has 1 heterocycles. The first-order chi connectivity index (χ1) is 13.8. The van der Waals surface area contributed by atoms with Gasteiger partial charge in [0.05, 0.1) is 6.61 Å². The zero-order valence-electron chi connectivity index (χ0n) is 15.1. The molecule has 29 heavy (non-hydrogen) atoms. The number of aliphatic hydroxyl groups is 1. The van der Waals surface area contributed by atoms with Crippen molar-refractivity contribution in [2.75, 3.05) is 0 Å². The summed E-state index contributed by atoms with van der Waals surface area (Å²) in [5.74, 6) is -1.28. The number of benzene rings is 2. The molecule has 9 heteroatoms. The summed E-state index contributed by atoms with van der Waals surface area (Å²) in [6, 6.07) is 15.5. The number of sulfonamides is 1. The van der Waals surface area contributed by atoms with Crippen LogP contribution in [0.25, 0.3) is 10.4 Å². The topological polar surface area (TPSA) is 104 Å². The predicted molar refractivity (Wildman–Crippen MR) is 113 cm³/mol. The van der Waals surface area contributed by atoms with Gasteiger partial charge in [0.1, 0.15) is 10.3 Å². The van der Waals surface area contributed by atoms with Gasteiger partial charge in [0, 0.05) is 9.90 Å². The number of thiophene rings is 1. The molecule has 2 aromatic carbocycles. The summed E-state index contributed by atoms with van der Waals surface area (Å²) < 4.78 is 27.8. The third-order valence-electron chi connectivity index (χ3n) is 4.18. The molecule has 1 aromatic heterocycles. The van der Waals surface area contributed by atoms with Crippen molar-refractivity contribution in [3.8, 4) is 10.4 Å². The Balaban J connectivity index is 1.80. The Bertz CT molecular complexity index is 1110. The number of aliphatic hydroxyl groups excluding tert-OH is 1. The Hall–Kier alpha value is -2.23. The van der Waals surface area contributed by atoms with E-state index in [1.165, 1.54) is 6.07 Å². The maximum atomic E-state index is 12.7. The minimum Gasteiger partial charge on any atom is -0.480 e. The van der Waals surface area contributed by atoms with Gasteiger partial charge in [-0.2, -0.15) is 4.72 Å². The van der Waals surface area contributed by atoms with Crippen molar-refractivity contribution in [3.05, 3.63) is 76.8 Å². The number of rotatable bonds is 8. The quantitative estimate of drug-likeness (QED) is 0.486. The van der Waals surface area contributed by atoms with Crippen LogP contribution in [-0.4, -0.2) is 30.6 Å². The summed E-state index contributed by atoms with van der Waals surface area (Å²) >= 11 is 6.92. The highest BCUT2D eigenvalue weighted by Gasteiger charge is 2.27. The highest BCUT2D eigenvalue weighted by atomic mass is 35.5. The average molecular weight is 452 g/mol. The second-order valence-corrected chi connectivity index (χ2v) is 9.78. The lowest BCUT2D eigenvalue weighted by molar-refractivity contribution is -0.138. The molecule has 6 nitrogen and oxygen atoms in total. The van der Waals surface area contributed by atoms with Crippen LogP contribution in [0.4, 0.5) is 0 Å². The van der Waals surface area contributed by atoms with Gasteiger partial charge in [0.2, 0.25) is 0 Å². The van der Waals surface area contributed by atoms with E-state index < -0.39 is 22.0 Å². The Labute approximate surface area is 177 Å². The number of carboxylic acid groups (broad SMARTS) is 1. The van der Waals surface area contributed by atoms with Crippen molar-refractivity contribution < 1.29 is 23.4 Å². The van der Waals surface area contributed by atoms with E-state index in [0.717, 1.165) is 21.8 Å². The fourth-order valence-electron chi connectivity index (χ4n) is 2.75. The molecule has 1 atom stereocenters. The number of aliphatic carboxylic acids is 1. The van der Waals surface area contributed by atoms with Gasteiger partial charge in [0.25, 0.3) is 10.0 Å². The van der Waals surface area contributed by atoms with Crippen molar-refractivity contribution in [1.29, 1.82) is 0 Å². The lowest BCUT2D eigenvalue weighted by Crippen LogP contribution is -2.42. The molecule has 0 aliphatic rings. The van der Waals surface area contributed by atoms with Crippen LogP contribution < -0.4 is 4.72 Å². The standard InChI is InChI=1S/C20H18ClNO5S2/c21-16-6-4-15(5-7-16)18-8-9-19(28-18)29(26,27)22-17(20(24)25)11-13-2-1-3-14(10-13)12-23/h1-10,17,22-23H,11-12H2,(H,24,25). The largest absolute Gasteiger partial charge is 0.480 e. The van der Waals surface area contributed by atoms with E-state index in [1.54, 1.807) is 54.6 Å². The summed E-state index contributed by atoms with van der Waals surface area (Å²) in [6.07, 6.45) is -0.0438. The zero-order chi connectivity index (χ0) is 21.0. The summed E-state index contributed by atoms with van der Waals surface area (Å²) in [4.78, 5) is 12.4. The lowest BCUT2D eigenvalue weighted by Gasteiger charge is -2.14. The van der Waals surface area contributed by atoms with Gasteiger partial charge in [-0.05, 0) is 47.4 Å². The molecule has 3 N–H and O–H groups in total. The van der Waals surface area contributed by atoms with Gasteiger partial charge in [-0.3, -0.25) is 4.79 Å². The lowest BCUT2D eigenvalue weighted by atomic mass is 10.0.